The van der Waals surface area contributed by atoms with Crippen LogP contribution < -0.4 is 16.4 Å². The van der Waals surface area contributed by atoms with Gasteiger partial charge in [0.1, 0.15) is 0 Å². The van der Waals surface area contributed by atoms with E-state index in [1.54, 1.807) is 19.9 Å². The summed E-state index contributed by atoms with van der Waals surface area (Å²) in [5, 5.41) is 5.99. The first-order valence-electron chi connectivity index (χ1n) is 11.3. The van der Waals surface area contributed by atoms with E-state index < -0.39 is 24.2 Å². The number of nitrogens with two attached hydrogens (primary N) is 1. The highest BCUT2D eigenvalue weighted by atomic mass is 16.5. The molecule has 0 saturated heterocycles. The lowest BCUT2D eigenvalue weighted by Gasteiger charge is -2.38. The first-order chi connectivity index (χ1) is 15.2. The van der Waals surface area contributed by atoms with Gasteiger partial charge in [-0.3, -0.25) is 14.6 Å². The van der Waals surface area contributed by atoms with Crippen molar-refractivity contribution >= 4 is 23.8 Å². The van der Waals surface area contributed by atoms with Crippen molar-refractivity contribution in [1.29, 1.82) is 0 Å². The summed E-state index contributed by atoms with van der Waals surface area (Å²) in [6, 6.07) is -0.945. The van der Waals surface area contributed by atoms with E-state index >= 15 is 0 Å². The zero-order chi connectivity index (χ0) is 24.1. The third kappa shape index (κ3) is 9.25. The number of ether oxygens (including phenoxy) is 3. The molecule has 3 unspecified atom stereocenters. The highest BCUT2D eigenvalue weighted by Crippen LogP contribution is 2.25. The fourth-order valence-corrected chi connectivity index (χ4v) is 3.46. The van der Waals surface area contributed by atoms with E-state index in [1.807, 2.05) is 13.8 Å². The van der Waals surface area contributed by atoms with Crippen LogP contribution in [0.25, 0.3) is 0 Å². The van der Waals surface area contributed by atoms with Crippen molar-refractivity contribution in [2.75, 3.05) is 19.8 Å². The maximum atomic E-state index is 12.5. The van der Waals surface area contributed by atoms with Crippen LogP contribution in [0.2, 0.25) is 0 Å². The second-order valence-corrected chi connectivity index (χ2v) is 7.45. The van der Waals surface area contributed by atoms with Gasteiger partial charge in [-0.05, 0) is 32.8 Å². The minimum absolute atomic E-state index is 0.0368. The molecule has 0 aliphatic heterocycles. The van der Waals surface area contributed by atoms with Gasteiger partial charge in [0.15, 0.2) is 5.96 Å². The minimum Gasteiger partial charge on any atom is -0.466 e. The maximum Gasteiger partial charge on any atom is 0.333 e. The Morgan fingerprint density at radius 1 is 1.12 bits per heavy atom. The average Bonchev–Trinajstić information content (AvgIpc) is 2.73. The lowest BCUT2D eigenvalue weighted by molar-refractivity contribution is -0.143. The molecule has 0 bridgehead atoms. The molecule has 10 heteroatoms. The van der Waals surface area contributed by atoms with Gasteiger partial charge in [0.25, 0.3) is 0 Å². The summed E-state index contributed by atoms with van der Waals surface area (Å²) >= 11 is 0. The van der Waals surface area contributed by atoms with Crippen molar-refractivity contribution in [3.63, 3.8) is 0 Å². The van der Waals surface area contributed by atoms with Crippen molar-refractivity contribution in [3.8, 4) is 0 Å². The summed E-state index contributed by atoms with van der Waals surface area (Å²) in [6.07, 6.45) is 3.08. The molecule has 182 valence electrons. The Bertz CT molecular complexity index is 690. The Labute approximate surface area is 190 Å². The molecule has 0 heterocycles. The molecule has 1 aliphatic rings. The highest BCUT2D eigenvalue weighted by Gasteiger charge is 2.38. The predicted molar refractivity (Wildman–Crippen MR) is 121 cm³/mol. The average molecular weight is 455 g/mol. The molecule has 1 amide bonds. The smallest absolute Gasteiger partial charge is 0.333 e. The topological polar surface area (TPSA) is 141 Å². The minimum atomic E-state index is -0.554. The first kappa shape index (κ1) is 27.4. The number of nitrogens with one attached hydrogen (secondary N) is 2. The molecule has 0 spiro atoms. The van der Waals surface area contributed by atoms with Crippen molar-refractivity contribution in [1.82, 2.24) is 10.6 Å². The van der Waals surface area contributed by atoms with Gasteiger partial charge in [0, 0.05) is 18.9 Å². The summed E-state index contributed by atoms with van der Waals surface area (Å²) in [6.45, 7) is 9.64. The monoisotopic (exact) mass is 454 g/mol. The quantitative estimate of drug-likeness (QED) is 0.227. The molecule has 4 N–H and O–H groups in total. The molecular formula is C22H38N4O6. The molecule has 0 radical (unpaired) electrons. The number of guanidine groups is 1. The van der Waals surface area contributed by atoms with Gasteiger partial charge < -0.3 is 30.6 Å². The number of carbonyl (C=O) groups is 3. The number of hydrogen-bond donors (Lipinski definition) is 3. The van der Waals surface area contributed by atoms with Crippen molar-refractivity contribution < 1.29 is 28.6 Å². The molecule has 1 aliphatic carbocycles. The second kappa shape index (κ2) is 14.4. The maximum absolute atomic E-state index is 12.5. The lowest BCUT2D eigenvalue weighted by atomic mass is 9.87. The second-order valence-electron chi connectivity index (χ2n) is 7.45. The third-order valence-electron chi connectivity index (χ3n) is 5.00. The fraction of sp³-hybridized carbons (Fsp3) is 0.727. The summed E-state index contributed by atoms with van der Waals surface area (Å²) in [7, 11) is 0. The van der Waals surface area contributed by atoms with Gasteiger partial charge in [-0.1, -0.05) is 13.8 Å². The van der Waals surface area contributed by atoms with Gasteiger partial charge in [-0.2, -0.15) is 0 Å². The molecule has 0 aromatic rings. The molecule has 32 heavy (non-hydrogen) atoms. The zero-order valence-corrected chi connectivity index (χ0v) is 19.8. The van der Waals surface area contributed by atoms with Crippen LogP contribution in [-0.4, -0.2) is 67.9 Å². The number of amides is 1. The number of carbonyl (C=O) groups excluding carboxylic acids is 3. The standard InChI is InChI=1S/C22H38N4O6/c1-6-16(7-2)32-18-13-15(21(29)31-9-4)12-17(20(18)25-14(5)27)26-22(23)24-11-10-19(28)30-8-3/h13,16-18,20H,6-12H2,1-5H3,(H,25,27)(H3,23,24,26). The summed E-state index contributed by atoms with van der Waals surface area (Å²) in [5.74, 6) is -0.924. The molecular weight excluding hydrogens is 416 g/mol. The van der Waals surface area contributed by atoms with Gasteiger partial charge in [-0.15, -0.1) is 0 Å². The van der Waals surface area contributed by atoms with Crippen LogP contribution in [0.5, 0.6) is 0 Å². The van der Waals surface area contributed by atoms with Gasteiger partial charge >= 0.3 is 11.9 Å². The van der Waals surface area contributed by atoms with E-state index in [1.165, 1.54) is 6.92 Å². The molecule has 0 saturated carbocycles. The number of nitrogens with zero attached hydrogens (tertiary/aromatic N) is 1. The summed E-state index contributed by atoms with van der Waals surface area (Å²) < 4.78 is 16.3. The van der Waals surface area contributed by atoms with Crippen LogP contribution >= 0.6 is 0 Å². The Morgan fingerprint density at radius 2 is 1.78 bits per heavy atom. The number of rotatable bonds is 12. The normalized spacial score (nSPS) is 21.0. The number of esters is 2. The van der Waals surface area contributed by atoms with E-state index in [0.29, 0.717) is 12.2 Å². The molecule has 0 aromatic heterocycles. The van der Waals surface area contributed by atoms with Crippen molar-refractivity contribution in [3.05, 3.63) is 11.6 Å². The van der Waals surface area contributed by atoms with E-state index in [0.717, 1.165) is 12.8 Å². The number of aliphatic imine (C=N–C) groups is 1. The third-order valence-corrected chi connectivity index (χ3v) is 5.00. The Hall–Kier alpha value is -2.62. The number of hydrogen-bond acceptors (Lipinski definition) is 7. The lowest BCUT2D eigenvalue weighted by Crippen LogP contribution is -2.60. The van der Waals surface area contributed by atoms with E-state index in [2.05, 4.69) is 15.6 Å². The zero-order valence-electron chi connectivity index (χ0n) is 19.8. The SMILES string of the molecule is CCOC(=O)CCN=C(N)NC1CC(C(=O)OCC)=CC(OC(CC)CC)C1NC(C)=O. The fourth-order valence-electron chi connectivity index (χ4n) is 3.46. The first-order valence-corrected chi connectivity index (χ1v) is 11.3. The molecule has 10 nitrogen and oxygen atoms in total. The molecule has 1 rings (SSSR count). The van der Waals surface area contributed by atoms with Crippen LogP contribution in [0.1, 0.15) is 60.3 Å². The largest absolute Gasteiger partial charge is 0.466 e. The molecule has 0 aromatic carbocycles. The van der Waals surface area contributed by atoms with Gasteiger partial charge in [0.05, 0.1) is 50.5 Å². The van der Waals surface area contributed by atoms with Crippen LogP contribution in [-0.2, 0) is 28.6 Å². The highest BCUT2D eigenvalue weighted by molar-refractivity contribution is 5.89. The van der Waals surface area contributed by atoms with Crippen LogP contribution in [0.15, 0.2) is 16.6 Å². The Balaban J connectivity index is 3.10. The van der Waals surface area contributed by atoms with Crippen molar-refractivity contribution in [2.24, 2.45) is 10.7 Å². The Kier molecular flexibility index (Phi) is 12.4. The summed E-state index contributed by atoms with van der Waals surface area (Å²) in [5.41, 5.74) is 6.48. The predicted octanol–water partition coefficient (Wildman–Crippen LogP) is 1.18. The summed E-state index contributed by atoms with van der Waals surface area (Å²) in [4.78, 5) is 40.1. The van der Waals surface area contributed by atoms with E-state index in [9.17, 15) is 14.4 Å². The van der Waals surface area contributed by atoms with E-state index in [-0.39, 0.29) is 49.9 Å². The van der Waals surface area contributed by atoms with Crippen LogP contribution in [0, 0.1) is 0 Å². The van der Waals surface area contributed by atoms with E-state index in [4.69, 9.17) is 19.9 Å². The molecule has 0 fully saturated rings. The molecule has 3 atom stereocenters. The van der Waals surface area contributed by atoms with Crippen LogP contribution in [0.3, 0.4) is 0 Å². The van der Waals surface area contributed by atoms with Gasteiger partial charge in [0.2, 0.25) is 5.91 Å². The van der Waals surface area contributed by atoms with Gasteiger partial charge in [-0.25, -0.2) is 4.79 Å². The van der Waals surface area contributed by atoms with Crippen LogP contribution in [0.4, 0.5) is 0 Å². The van der Waals surface area contributed by atoms with Crippen molar-refractivity contribution in [2.45, 2.75) is 84.6 Å². The Morgan fingerprint density at radius 3 is 2.34 bits per heavy atom.